The van der Waals surface area contributed by atoms with Crippen LogP contribution in [0.2, 0.25) is 5.02 Å². The topological polar surface area (TPSA) is 21.3 Å². The number of likely N-dealkylation sites (N-methyl/N-ethyl adjacent to an activating group) is 1. The first-order valence-electron chi connectivity index (χ1n) is 4.98. The van der Waals surface area contributed by atoms with Crippen molar-refractivity contribution in [1.29, 1.82) is 0 Å². The standard InChI is InChI=1S/C11H13ClF3NO/c1-16-4-3-7-5-8(11(13,14)15)6-9(12)10(7)17-2/h5-6,16H,3-4H2,1-2H3. The minimum absolute atomic E-state index is 0.0200. The van der Waals surface area contributed by atoms with Crippen molar-refractivity contribution in [3.8, 4) is 5.75 Å². The van der Waals surface area contributed by atoms with Gasteiger partial charge in [0.1, 0.15) is 5.75 Å². The molecule has 0 unspecified atom stereocenters. The van der Waals surface area contributed by atoms with Crippen LogP contribution < -0.4 is 10.1 Å². The van der Waals surface area contributed by atoms with Crippen LogP contribution in [0.1, 0.15) is 11.1 Å². The summed E-state index contributed by atoms with van der Waals surface area (Å²) in [6, 6.07) is 1.95. The fraction of sp³-hybridized carbons (Fsp3) is 0.455. The number of methoxy groups -OCH3 is 1. The van der Waals surface area contributed by atoms with Gasteiger partial charge in [-0.25, -0.2) is 0 Å². The third-order valence-electron chi connectivity index (χ3n) is 2.30. The summed E-state index contributed by atoms with van der Waals surface area (Å²) in [4.78, 5) is 0. The van der Waals surface area contributed by atoms with Crippen molar-refractivity contribution in [2.24, 2.45) is 0 Å². The summed E-state index contributed by atoms with van der Waals surface area (Å²) >= 11 is 5.77. The Balaban J connectivity index is 3.19. The van der Waals surface area contributed by atoms with E-state index in [0.29, 0.717) is 24.3 Å². The number of hydrogen-bond donors (Lipinski definition) is 1. The predicted molar refractivity (Wildman–Crippen MR) is 60.6 cm³/mol. The Kier molecular flexibility index (Phi) is 4.65. The summed E-state index contributed by atoms with van der Waals surface area (Å²) < 4.78 is 42.8. The van der Waals surface area contributed by atoms with E-state index in [1.54, 1.807) is 7.05 Å². The highest BCUT2D eigenvalue weighted by Crippen LogP contribution is 2.37. The van der Waals surface area contributed by atoms with E-state index in [0.717, 1.165) is 12.1 Å². The highest BCUT2D eigenvalue weighted by atomic mass is 35.5. The van der Waals surface area contributed by atoms with E-state index in [9.17, 15) is 13.2 Å². The van der Waals surface area contributed by atoms with Gasteiger partial charge >= 0.3 is 6.18 Å². The molecule has 0 radical (unpaired) electrons. The van der Waals surface area contributed by atoms with E-state index in [-0.39, 0.29) is 5.02 Å². The molecule has 0 aromatic heterocycles. The predicted octanol–water partition coefficient (Wildman–Crippen LogP) is 3.13. The molecule has 0 saturated heterocycles. The molecule has 2 nitrogen and oxygen atoms in total. The average molecular weight is 268 g/mol. The van der Waals surface area contributed by atoms with Crippen molar-refractivity contribution in [3.05, 3.63) is 28.3 Å². The van der Waals surface area contributed by atoms with Gasteiger partial charge in [-0.2, -0.15) is 13.2 Å². The van der Waals surface area contributed by atoms with Crippen molar-refractivity contribution in [1.82, 2.24) is 5.32 Å². The van der Waals surface area contributed by atoms with E-state index in [4.69, 9.17) is 16.3 Å². The van der Waals surface area contributed by atoms with Gasteiger partial charge in [0.05, 0.1) is 17.7 Å². The summed E-state index contributed by atoms with van der Waals surface area (Å²) in [5.74, 6) is 0.301. The highest BCUT2D eigenvalue weighted by molar-refractivity contribution is 6.32. The zero-order valence-corrected chi connectivity index (χ0v) is 10.2. The molecule has 17 heavy (non-hydrogen) atoms. The van der Waals surface area contributed by atoms with Gasteiger partial charge < -0.3 is 10.1 Å². The first-order chi connectivity index (χ1) is 7.90. The largest absolute Gasteiger partial charge is 0.495 e. The van der Waals surface area contributed by atoms with Gasteiger partial charge in [-0.05, 0) is 37.7 Å². The highest BCUT2D eigenvalue weighted by Gasteiger charge is 2.32. The molecule has 1 aromatic carbocycles. The lowest BCUT2D eigenvalue weighted by atomic mass is 10.1. The van der Waals surface area contributed by atoms with E-state index in [2.05, 4.69) is 5.32 Å². The second kappa shape index (κ2) is 5.60. The Morgan fingerprint density at radius 2 is 2.00 bits per heavy atom. The summed E-state index contributed by atoms with van der Waals surface area (Å²) in [7, 11) is 3.11. The summed E-state index contributed by atoms with van der Waals surface area (Å²) in [5, 5.41) is 2.85. The normalized spacial score (nSPS) is 11.6. The summed E-state index contributed by atoms with van der Waals surface area (Å²) in [6.07, 6.45) is -3.98. The Hall–Kier alpha value is -0.940. The maximum absolute atomic E-state index is 12.6. The molecule has 6 heteroatoms. The number of alkyl halides is 3. The van der Waals surface area contributed by atoms with Crippen LogP contribution in [0.4, 0.5) is 13.2 Å². The van der Waals surface area contributed by atoms with Crippen LogP contribution in [0, 0.1) is 0 Å². The maximum Gasteiger partial charge on any atom is 0.416 e. The monoisotopic (exact) mass is 267 g/mol. The number of rotatable bonds is 4. The Labute approximate surface area is 103 Å². The van der Waals surface area contributed by atoms with Crippen LogP contribution in [0.15, 0.2) is 12.1 Å². The first-order valence-corrected chi connectivity index (χ1v) is 5.36. The molecule has 0 atom stereocenters. The van der Waals surface area contributed by atoms with Gasteiger partial charge in [0, 0.05) is 0 Å². The van der Waals surface area contributed by atoms with Crippen LogP contribution in [-0.2, 0) is 12.6 Å². The lowest BCUT2D eigenvalue weighted by Crippen LogP contribution is -2.13. The molecule has 0 aliphatic heterocycles. The second-order valence-electron chi connectivity index (χ2n) is 3.50. The number of hydrogen-bond acceptors (Lipinski definition) is 2. The molecule has 0 fully saturated rings. The van der Waals surface area contributed by atoms with E-state index < -0.39 is 11.7 Å². The molecular formula is C11H13ClF3NO. The van der Waals surface area contributed by atoms with Crippen molar-refractivity contribution < 1.29 is 17.9 Å². The van der Waals surface area contributed by atoms with Crippen molar-refractivity contribution in [3.63, 3.8) is 0 Å². The third-order valence-corrected chi connectivity index (χ3v) is 2.58. The zero-order valence-electron chi connectivity index (χ0n) is 9.49. The second-order valence-corrected chi connectivity index (χ2v) is 3.91. The van der Waals surface area contributed by atoms with Crippen molar-refractivity contribution >= 4 is 11.6 Å². The third kappa shape index (κ3) is 3.51. The molecule has 0 aliphatic carbocycles. The number of ether oxygens (including phenoxy) is 1. The van der Waals surface area contributed by atoms with Crippen LogP contribution >= 0.6 is 11.6 Å². The lowest BCUT2D eigenvalue weighted by molar-refractivity contribution is -0.137. The van der Waals surface area contributed by atoms with Crippen molar-refractivity contribution in [2.75, 3.05) is 20.7 Å². The molecule has 96 valence electrons. The number of benzene rings is 1. The summed E-state index contributed by atoms with van der Waals surface area (Å²) in [5.41, 5.74) is -0.309. The molecule has 1 aromatic rings. The molecule has 1 N–H and O–H groups in total. The van der Waals surface area contributed by atoms with Gasteiger partial charge in [0.2, 0.25) is 0 Å². The maximum atomic E-state index is 12.6. The molecule has 0 amide bonds. The lowest BCUT2D eigenvalue weighted by Gasteiger charge is -2.14. The van der Waals surface area contributed by atoms with Gasteiger partial charge in [-0.15, -0.1) is 0 Å². The molecule has 0 heterocycles. The van der Waals surface area contributed by atoms with Gasteiger partial charge in [0.25, 0.3) is 0 Å². The molecular weight excluding hydrogens is 255 g/mol. The number of nitrogens with one attached hydrogen (secondary N) is 1. The fourth-order valence-electron chi connectivity index (χ4n) is 1.49. The van der Waals surface area contributed by atoms with E-state index in [1.807, 2.05) is 0 Å². The average Bonchev–Trinajstić information content (AvgIpc) is 2.24. The minimum Gasteiger partial charge on any atom is -0.495 e. The van der Waals surface area contributed by atoms with E-state index in [1.165, 1.54) is 7.11 Å². The quantitative estimate of drug-likeness (QED) is 0.905. The van der Waals surface area contributed by atoms with E-state index >= 15 is 0 Å². The van der Waals surface area contributed by atoms with Crippen molar-refractivity contribution in [2.45, 2.75) is 12.6 Å². The van der Waals surface area contributed by atoms with Crippen LogP contribution in [0.25, 0.3) is 0 Å². The minimum atomic E-state index is -4.40. The summed E-state index contributed by atoms with van der Waals surface area (Å²) in [6.45, 7) is 0.550. The van der Waals surface area contributed by atoms with Gasteiger partial charge in [-0.1, -0.05) is 11.6 Å². The van der Waals surface area contributed by atoms with Gasteiger partial charge in [-0.3, -0.25) is 0 Å². The molecule has 0 aliphatic rings. The van der Waals surface area contributed by atoms with Crippen LogP contribution in [0.3, 0.4) is 0 Å². The molecule has 0 spiro atoms. The molecule has 0 saturated carbocycles. The SMILES string of the molecule is CNCCc1cc(C(F)(F)F)cc(Cl)c1OC. The van der Waals surface area contributed by atoms with Crippen LogP contribution in [-0.4, -0.2) is 20.7 Å². The first kappa shape index (κ1) is 14.1. The Bertz CT molecular complexity index is 393. The Morgan fingerprint density at radius 3 is 2.47 bits per heavy atom. The Morgan fingerprint density at radius 1 is 1.35 bits per heavy atom. The molecule has 0 bridgehead atoms. The number of halogens is 4. The zero-order chi connectivity index (χ0) is 13.1. The molecule has 1 rings (SSSR count). The van der Waals surface area contributed by atoms with Crippen LogP contribution in [0.5, 0.6) is 5.75 Å². The smallest absolute Gasteiger partial charge is 0.416 e. The fourth-order valence-corrected chi connectivity index (χ4v) is 1.80. The van der Waals surface area contributed by atoms with Gasteiger partial charge in [0.15, 0.2) is 0 Å².